The van der Waals surface area contributed by atoms with Crippen LogP contribution in [0.1, 0.15) is 36.3 Å². The molecular formula is C19H18N4O2S. The number of hydrogen-bond acceptors (Lipinski definition) is 6. The molecule has 1 aliphatic carbocycles. The Morgan fingerprint density at radius 2 is 2.23 bits per heavy atom. The molecule has 0 fully saturated rings. The third kappa shape index (κ3) is 2.88. The van der Waals surface area contributed by atoms with Gasteiger partial charge in [0.1, 0.15) is 5.82 Å². The molecule has 0 bridgehead atoms. The zero-order valence-corrected chi connectivity index (χ0v) is 14.9. The van der Waals surface area contributed by atoms with E-state index < -0.39 is 5.92 Å². The molecular weight excluding hydrogens is 348 g/mol. The smallest absolute Gasteiger partial charge is 0.257 e. The number of aromatic nitrogens is 3. The molecule has 6 nitrogen and oxygen atoms in total. The second-order valence-corrected chi connectivity index (χ2v) is 7.26. The Morgan fingerprint density at radius 3 is 3.00 bits per heavy atom. The lowest BCUT2D eigenvalue weighted by atomic mass is 9.77. The van der Waals surface area contributed by atoms with Crippen molar-refractivity contribution in [3.05, 3.63) is 69.9 Å². The van der Waals surface area contributed by atoms with E-state index in [2.05, 4.69) is 26.8 Å². The number of nitrogens with one attached hydrogen (secondary N) is 2. The van der Waals surface area contributed by atoms with Crippen molar-refractivity contribution in [2.24, 2.45) is 0 Å². The zero-order chi connectivity index (χ0) is 18.1. The lowest BCUT2D eigenvalue weighted by molar-refractivity contribution is -0.116. The van der Waals surface area contributed by atoms with Gasteiger partial charge in [0, 0.05) is 41.8 Å². The summed E-state index contributed by atoms with van der Waals surface area (Å²) in [6.07, 6.45) is 7.25. The number of carbonyl (C=O) groups excluding carboxylic acids is 1. The molecule has 0 amide bonds. The molecule has 2 N–H and O–H groups in total. The van der Waals surface area contributed by atoms with Crippen molar-refractivity contribution in [3.8, 4) is 0 Å². The molecule has 0 radical (unpaired) electrons. The van der Waals surface area contributed by atoms with Crippen molar-refractivity contribution in [2.75, 3.05) is 11.1 Å². The second-order valence-electron chi connectivity index (χ2n) is 6.25. The van der Waals surface area contributed by atoms with E-state index >= 15 is 0 Å². The van der Waals surface area contributed by atoms with Crippen molar-refractivity contribution < 1.29 is 4.79 Å². The number of nitrogens with zero attached hydrogens (tertiary/aromatic N) is 2. The predicted octanol–water partition coefficient (Wildman–Crippen LogP) is 3.01. The van der Waals surface area contributed by atoms with Crippen LogP contribution in [0.15, 0.2) is 58.4 Å². The summed E-state index contributed by atoms with van der Waals surface area (Å²) in [6.45, 7) is 3.69. The highest BCUT2D eigenvalue weighted by atomic mass is 32.2. The van der Waals surface area contributed by atoms with Gasteiger partial charge in [-0.2, -0.15) is 0 Å². The number of ketones is 1. The summed E-state index contributed by atoms with van der Waals surface area (Å²) in [5.74, 6) is 0.836. The number of allylic oxidation sites excluding steroid dienone is 2. The molecule has 1 unspecified atom stereocenters. The first-order valence-electron chi connectivity index (χ1n) is 8.50. The number of rotatable bonds is 4. The third-order valence-corrected chi connectivity index (χ3v) is 5.46. The van der Waals surface area contributed by atoms with Gasteiger partial charge in [-0.25, -0.2) is 4.98 Å². The zero-order valence-electron chi connectivity index (χ0n) is 14.1. The van der Waals surface area contributed by atoms with Gasteiger partial charge in [-0.1, -0.05) is 23.9 Å². The quantitative estimate of drug-likeness (QED) is 0.491. The van der Waals surface area contributed by atoms with Crippen LogP contribution in [0.2, 0.25) is 0 Å². The first-order valence-corrected chi connectivity index (χ1v) is 9.48. The maximum absolute atomic E-state index is 12.9. The topological polar surface area (TPSA) is 87.7 Å². The van der Waals surface area contributed by atoms with Gasteiger partial charge in [-0.3, -0.25) is 14.6 Å². The lowest BCUT2D eigenvalue weighted by Crippen LogP contribution is -2.32. The molecule has 1 aliphatic heterocycles. The van der Waals surface area contributed by atoms with E-state index in [4.69, 9.17) is 0 Å². The number of hydrogen-bond donors (Lipinski definition) is 2. The Bertz CT molecular complexity index is 965. The summed E-state index contributed by atoms with van der Waals surface area (Å²) < 4.78 is 0. The Labute approximate surface area is 154 Å². The van der Waals surface area contributed by atoms with Crippen LogP contribution < -0.4 is 10.9 Å². The summed E-state index contributed by atoms with van der Waals surface area (Å²) >= 11 is 1.41. The molecule has 0 saturated heterocycles. The van der Waals surface area contributed by atoms with Crippen molar-refractivity contribution in [1.82, 2.24) is 15.0 Å². The van der Waals surface area contributed by atoms with Gasteiger partial charge in [0.2, 0.25) is 0 Å². The van der Waals surface area contributed by atoms with E-state index in [9.17, 15) is 9.59 Å². The van der Waals surface area contributed by atoms with E-state index in [1.807, 2.05) is 12.1 Å². The fourth-order valence-corrected chi connectivity index (χ4v) is 4.12. The number of fused-ring (bicyclic) bond motifs is 1. The molecule has 0 spiro atoms. The minimum Gasteiger partial charge on any atom is -0.343 e. The number of anilines is 1. The van der Waals surface area contributed by atoms with E-state index in [-0.39, 0.29) is 11.3 Å². The highest BCUT2D eigenvalue weighted by molar-refractivity contribution is 7.99. The van der Waals surface area contributed by atoms with E-state index in [1.165, 1.54) is 11.8 Å². The fraction of sp³-hybridized carbons (Fsp3) is 0.263. The average molecular weight is 366 g/mol. The molecule has 0 aromatic carbocycles. The van der Waals surface area contributed by atoms with Crippen LogP contribution >= 0.6 is 11.8 Å². The lowest BCUT2D eigenvalue weighted by Gasteiger charge is -2.32. The Hall–Kier alpha value is -2.67. The van der Waals surface area contributed by atoms with E-state index in [0.29, 0.717) is 34.3 Å². The van der Waals surface area contributed by atoms with Gasteiger partial charge >= 0.3 is 0 Å². The predicted molar refractivity (Wildman–Crippen MR) is 101 cm³/mol. The summed E-state index contributed by atoms with van der Waals surface area (Å²) in [7, 11) is 0. The molecule has 2 aromatic rings. The number of H-pyrrole nitrogens is 1. The van der Waals surface area contributed by atoms with Crippen LogP contribution in [-0.2, 0) is 4.79 Å². The molecule has 132 valence electrons. The van der Waals surface area contributed by atoms with Crippen molar-refractivity contribution in [1.29, 1.82) is 0 Å². The average Bonchev–Trinajstić information content (AvgIpc) is 2.65. The first-order chi connectivity index (χ1) is 12.7. The van der Waals surface area contributed by atoms with Crippen molar-refractivity contribution >= 4 is 23.4 Å². The monoisotopic (exact) mass is 366 g/mol. The molecule has 2 aliphatic rings. The van der Waals surface area contributed by atoms with E-state index in [1.54, 1.807) is 18.5 Å². The molecule has 0 saturated carbocycles. The highest BCUT2D eigenvalue weighted by Crippen LogP contribution is 2.43. The molecule has 2 aromatic heterocycles. The second kappa shape index (κ2) is 6.92. The molecule has 26 heavy (non-hydrogen) atoms. The van der Waals surface area contributed by atoms with Crippen LogP contribution in [0.3, 0.4) is 0 Å². The van der Waals surface area contributed by atoms with Crippen LogP contribution in [0, 0.1) is 0 Å². The summed E-state index contributed by atoms with van der Waals surface area (Å²) in [5.41, 5.74) is 2.63. The Kier molecular flexibility index (Phi) is 4.46. The largest absolute Gasteiger partial charge is 0.343 e. The van der Waals surface area contributed by atoms with Gasteiger partial charge in [0.15, 0.2) is 10.9 Å². The number of carbonyl (C=O) groups is 1. The summed E-state index contributed by atoms with van der Waals surface area (Å²) in [6, 6.07) is 3.72. The molecule has 4 rings (SSSR count). The van der Waals surface area contributed by atoms with Crippen molar-refractivity contribution in [2.45, 2.75) is 30.3 Å². The highest BCUT2D eigenvalue weighted by Gasteiger charge is 2.37. The Morgan fingerprint density at radius 1 is 1.35 bits per heavy atom. The maximum atomic E-state index is 12.9. The number of thioether (sulfide) groups is 1. The fourth-order valence-electron chi connectivity index (χ4n) is 3.53. The standard InChI is InChI=1S/C19H18N4O2S/c1-2-9-26-19-22-17-16(18(25)23-19)14(11-5-4-8-20-10-11)15-12(21-17)6-3-7-13(15)24/h2,4-5,8,10,14H,1,3,6-7,9H2,(H2,21,22,23,25). The minimum absolute atomic E-state index is 0.0859. The van der Waals surface area contributed by atoms with Crippen LogP contribution in [0.5, 0.6) is 0 Å². The van der Waals surface area contributed by atoms with Gasteiger partial charge in [0.05, 0.1) is 5.56 Å². The van der Waals surface area contributed by atoms with Crippen molar-refractivity contribution in [3.63, 3.8) is 0 Å². The van der Waals surface area contributed by atoms with Gasteiger partial charge in [-0.15, -0.1) is 6.58 Å². The van der Waals surface area contributed by atoms with Crippen LogP contribution in [0.4, 0.5) is 5.82 Å². The maximum Gasteiger partial charge on any atom is 0.257 e. The number of aromatic amines is 1. The molecule has 3 heterocycles. The summed E-state index contributed by atoms with van der Waals surface area (Å²) in [5, 5.41) is 3.79. The SMILES string of the molecule is C=CCSc1nc2c(c(=O)[nH]1)C(c1cccnc1)C1=C(CCCC1=O)N2. The summed E-state index contributed by atoms with van der Waals surface area (Å²) in [4.78, 5) is 37.2. The molecule has 1 atom stereocenters. The minimum atomic E-state index is -0.433. The van der Waals surface area contributed by atoms with Gasteiger partial charge < -0.3 is 10.3 Å². The van der Waals surface area contributed by atoms with E-state index in [0.717, 1.165) is 24.1 Å². The normalized spacial score (nSPS) is 18.8. The number of Topliss-reactive ketones (excluding diaryl/α,β-unsaturated/α-hetero) is 1. The number of pyridine rings is 1. The van der Waals surface area contributed by atoms with Gasteiger partial charge in [-0.05, 0) is 24.5 Å². The third-order valence-electron chi connectivity index (χ3n) is 4.59. The van der Waals surface area contributed by atoms with Crippen LogP contribution in [-0.4, -0.2) is 26.5 Å². The first kappa shape index (κ1) is 16.8. The van der Waals surface area contributed by atoms with Gasteiger partial charge in [0.25, 0.3) is 5.56 Å². The molecule has 7 heteroatoms. The Balaban J connectivity index is 1.91. The van der Waals surface area contributed by atoms with Crippen LogP contribution in [0.25, 0.3) is 0 Å².